The first-order valence-electron chi connectivity index (χ1n) is 11.2. The zero-order valence-electron chi connectivity index (χ0n) is 18.6. The normalized spacial score (nSPS) is 10.4. The van der Waals surface area contributed by atoms with Gasteiger partial charge in [-0.05, 0) is 31.4 Å². The number of carbonyl (C=O) groups is 2. The number of ether oxygens (including phenoxy) is 2. The van der Waals surface area contributed by atoms with Crippen molar-refractivity contribution in [3.8, 4) is 22.4 Å². The minimum atomic E-state index is -0.621. The quantitative estimate of drug-likeness (QED) is 0.271. The summed E-state index contributed by atoms with van der Waals surface area (Å²) < 4.78 is 10.9. The Labute approximate surface area is 193 Å². The highest BCUT2D eigenvalue weighted by molar-refractivity contribution is 7.17. The number of nitrogens with zero attached hydrogens (tertiary/aromatic N) is 2. The van der Waals surface area contributed by atoms with Crippen LogP contribution in [0.5, 0.6) is 5.75 Å². The number of nitrogens with one attached hydrogen (secondary N) is 1. The molecule has 0 radical (unpaired) electrons. The molecule has 2 rings (SSSR count). The van der Waals surface area contributed by atoms with Crippen LogP contribution in [0.3, 0.4) is 0 Å². The minimum Gasteiger partial charge on any atom is -0.461 e. The van der Waals surface area contributed by atoms with E-state index in [4.69, 9.17) is 14.7 Å². The largest absolute Gasteiger partial charge is 0.461 e. The van der Waals surface area contributed by atoms with E-state index in [0.717, 1.165) is 49.8 Å². The van der Waals surface area contributed by atoms with Crippen molar-refractivity contribution in [2.75, 3.05) is 13.2 Å². The highest BCUT2D eigenvalue weighted by Gasteiger charge is 2.22. The minimum absolute atomic E-state index is 0.175. The van der Waals surface area contributed by atoms with Gasteiger partial charge in [-0.2, -0.15) is 5.26 Å². The Morgan fingerprint density at radius 1 is 1.12 bits per heavy atom. The molecule has 0 fully saturated rings. The van der Waals surface area contributed by atoms with Gasteiger partial charge in [0.05, 0.1) is 23.2 Å². The van der Waals surface area contributed by atoms with E-state index in [0.29, 0.717) is 25.3 Å². The highest BCUT2D eigenvalue weighted by atomic mass is 32.1. The lowest BCUT2D eigenvalue weighted by Gasteiger charge is -2.07. The third-order valence-corrected chi connectivity index (χ3v) is 5.84. The van der Waals surface area contributed by atoms with E-state index in [1.165, 1.54) is 17.8 Å². The maximum Gasteiger partial charge on any atom is 0.412 e. The fraction of sp³-hybridized carbons (Fsp3) is 0.500. The molecule has 172 valence electrons. The van der Waals surface area contributed by atoms with Crippen molar-refractivity contribution in [3.05, 3.63) is 35.3 Å². The Bertz CT molecular complexity index is 877. The maximum absolute atomic E-state index is 12.7. The lowest BCUT2D eigenvalue weighted by Crippen LogP contribution is -2.28. The van der Waals surface area contributed by atoms with Gasteiger partial charge in [0.2, 0.25) is 0 Å². The molecular weight excluding hydrogens is 426 g/mol. The Morgan fingerprint density at radius 2 is 1.94 bits per heavy atom. The molecule has 32 heavy (non-hydrogen) atoms. The van der Waals surface area contributed by atoms with Gasteiger partial charge in [-0.1, -0.05) is 45.1 Å². The maximum atomic E-state index is 12.7. The molecule has 0 spiro atoms. The summed E-state index contributed by atoms with van der Waals surface area (Å²) in [7, 11) is 0. The second kappa shape index (κ2) is 15.0. The number of amides is 1. The van der Waals surface area contributed by atoms with E-state index in [1.807, 2.05) is 18.2 Å². The molecule has 2 aromatic heterocycles. The van der Waals surface area contributed by atoms with E-state index < -0.39 is 12.1 Å². The van der Waals surface area contributed by atoms with Gasteiger partial charge in [0.25, 0.3) is 0 Å². The summed E-state index contributed by atoms with van der Waals surface area (Å²) in [4.78, 5) is 30.2. The summed E-state index contributed by atoms with van der Waals surface area (Å²) in [6, 6.07) is 9.25. The Hall–Kier alpha value is -2.92. The lowest BCUT2D eigenvalue weighted by atomic mass is 10.2. The summed E-state index contributed by atoms with van der Waals surface area (Å²) in [5.74, 6) is -0.319. The third-order valence-electron chi connectivity index (χ3n) is 4.72. The number of aromatic nitrogens is 1. The molecule has 0 aliphatic heterocycles. The van der Waals surface area contributed by atoms with Gasteiger partial charge < -0.3 is 14.8 Å². The molecule has 0 aliphatic rings. The van der Waals surface area contributed by atoms with Crippen LogP contribution in [0.1, 0.15) is 74.4 Å². The van der Waals surface area contributed by atoms with Crippen LogP contribution in [-0.4, -0.2) is 30.2 Å². The molecule has 0 unspecified atom stereocenters. The molecule has 0 bridgehead atoms. The smallest absolute Gasteiger partial charge is 0.412 e. The van der Waals surface area contributed by atoms with Crippen LogP contribution >= 0.6 is 11.3 Å². The Balaban J connectivity index is 1.97. The van der Waals surface area contributed by atoms with Crippen LogP contribution in [0.15, 0.2) is 30.5 Å². The molecule has 0 aliphatic carbocycles. The van der Waals surface area contributed by atoms with Gasteiger partial charge >= 0.3 is 12.1 Å². The van der Waals surface area contributed by atoms with Crippen molar-refractivity contribution < 1.29 is 19.1 Å². The molecule has 2 aromatic rings. The zero-order valence-corrected chi connectivity index (χ0v) is 19.4. The van der Waals surface area contributed by atoms with E-state index in [1.54, 1.807) is 12.3 Å². The Morgan fingerprint density at radius 3 is 2.69 bits per heavy atom. The van der Waals surface area contributed by atoms with Crippen LogP contribution in [-0.2, 0) is 4.74 Å². The summed E-state index contributed by atoms with van der Waals surface area (Å²) in [6.45, 7) is 2.94. The molecule has 0 saturated heterocycles. The highest BCUT2D eigenvalue weighted by Crippen LogP contribution is 2.36. The molecule has 7 nitrogen and oxygen atoms in total. The van der Waals surface area contributed by atoms with Crippen LogP contribution in [0.25, 0.3) is 10.6 Å². The van der Waals surface area contributed by atoms with Crippen molar-refractivity contribution in [1.82, 2.24) is 10.3 Å². The fourth-order valence-electron chi connectivity index (χ4n) is 3.00. The average Bonchev–Trinajstić information content (AvgIpc) is 3.22. The summed E-state index contributed by atoms with van der Waals surface area (Å²) in [5, 5.41) is 11.2. The van der Waals surface area contributed by atoms with E-state index in [9.17, 15) is 9.59 Å². The second-order valence-corrected chi connectivity index (χ2v) is 8.41. The molecule has 0 atom stereocenters. The van der Waals surface area contributed by atoms with Crippen molar-refractivity contribution in [2.24, 2.45) is 0 Å². The first-order chi connectivity index (χ1) is 15.7. The number of esters is 1. The number of carbonyl (C=O) groups excluding carboxylic acids is 2. The van der Waals surface area contributed by atoms with Crippen LogP contribution < -0.4 is 10.1 Å². The topological polar surface area (TPSA) is 101 Å². The molecule has 0 aromatic carbocycles. The van der Waals surface area contributed by atoms with Crippen molar-refractivity contribution in [1.29, 1.82) is 5.26 Å². The van der Waals surface area contributed by atoms with E-state index in [-0.39, 0.29) is 10.6 Å². The number of thiophene rings is 1. The van der Waals surface area contributed by atoms with Crippen molar-refractivity contribution in [2.45, 2.75) is 64.7 Å². The summed E-state index contributed by atoms with van der Waals surface area (Å²) >= 11 is 1.20. The first kappa shape index (κ1) is 25.3. The zero-order chi connectivity index (χ0) is 23.0. The Kier molecular flexibility index (Phi) is 11.9. The number of rotatable bonds is 14. The van der Waals surface area contributed by atoms with Gasteiger partial charge in [-0.25, -0.2) is 9.59 Å². The number of hydrogen-bond donors (Lipinski definition) is 1. The SMILES string of the molecule is CCCCCCCOC(=O)c1sc(-c2ccccn2)cc1OC(=O)NCCCCCC#N. The van der Waals surface area contributed by atoms with E-state index in [2.05, 4.69) is 23.3 Å². The standard InChI is InChI=1S/C24H31N3O4S/c1-2-3-4-7-12-17-30-23(28)22-20(18-21(32-22)19-13-8-11-15-26-19)31-24(29)27-16-10-6-5-9-14-25/h8,11,13,15,18H,2-7,9-10,12,16-17H2,1H3,(H,27,29). The second-order valence-electron chi connectivity index (χ2n) is 7.35. The van der Waals surface area contributed by atoms with Gasteiger partial charge in [-0.3, -0.25) is 4.98 Å². The predicted molar refractivity (Wildman–Crippen MR) is 125 cm³/mol. The lowest BCUT2D eigenvalue weighted by molar-refractivity contribution is 0.0501. The number of hydrogen-bond acceptors (Lipinski definition) is 7. The number of nitriles is 1. The van der Waals surface area contributed by atoms with Crippen LogP contribution in [0.4, 0.5) is 4.79 Å². The van der Waals surface area contributed by atoms with Crippen molar-refractivity contribution in [3.63, 3.8) is 0 Å². The fourth-order valence-corrected chi connectivity index (χ4v) is 3.95. The van der Waals surface area contributed by atoms with Crippen molar-refractivity contribution >= 4 is 23.4 Å². The molecule has 0 saturated carbocycles. The van der Waals surface area contributed by atoms with Gasteiger partial charge in [0.1, 0.15) is 0 Å². The predicted octanol–water partition coefficient (Wildman–Crippen LogP) is 6.11. The first-order valence-corrected chi connectivity index (χ1v) is 12.0. The molecule has 1 amide bonds. The monoisotopic (exact) mass is 457 g/mol. The van der Waals surface area contributed by atoms with Gasteiger partial charge in [0, 0.05) is 25.2 Å². The molecular formula is C24H31N3O4S. The average molecular weight is 458 g/mol. The number of pyridine rings is 1. The molecule has 1 N–H and O–H groups in total. The number of unbranched alkanes of at least 4 members (excludes halogenated alkanes) is 7. The summed E-state index contributed by atoms with van der Waals surface area (Å²) in [5.41, 5.74) is 0.693. The van der Waals surface area contributed by atoms with Crippen LogP contribution in [0.2, 0.25) is 0 Å². The third kappa shape index (κ3) is 9.06. The van der Waals surface area contributed by atoms with Gasteiger partial charge in [-0.15, -0.1) is 11.3 Å². The molecule has 8 heteroatoms. The van der Waals surface area contributed by atoms with E-state index >= 15 is 0 Å². The molecule has 2 heterocycles. The summed E-state index contributed by atoms with van der Waals surface area (Å²) in [6.07, 6.45) is 9.27. The van der Waals surface area contributed by atoms with Gasteiger partial charge in [0.15, 0.2) is 10.6 Å². The van der Waals surface area contributed by atoms with Crippen LogP contribution in [0, 0.1) is 11.3 Å².